The summed E-state index contributed by atoms with van der Waals surface area (Å²) in [6.45, 7) is -0.141. The van der Waals surface area contributed by atoms with Gasteiger partial charge < -0.3 is 9.29 Å². The SMILES string of the molecule is CN(C)S(=O)(=O)Oc1c(Br)cc(CO)cc1Br. The zero-order valence-electron chi connectivity index (χ0n) is 9.15. The predicted molar refractivity (Wildman–Crippen MR) is 71.0 cm³/mol. The Balaban J connectivity index is 3.17. The van der Waals surface area contributed by atoms with Crippen molar-refractivity contribution >= 4 is 42.2 Å². The lowest BCUT2D eigenvalue weighted by Crippen LogP contribution is -2.27. The Kier molecular flexibility index (Phi) is 4.96. The van der Waals surface area contributed by atoms with Gasteiger partial charge in [-0.1, -0.05) is 0 Å². The molecule has 5 nitrogen and oxygen atoms in total. The number of hydrogen-bond donors (Lipinski definition) is 1. The van der Waals surface area contributed by atoms with Gasteiger partial charge in [-0.15, -0.1) is 0 Å². The van der Waals surface area contributed by atoms with Gasteiger partial charge in [0.05, 0.1) is 15.6 Å². The van der Waals surface area contributed by atoms with Crippen LogP contribution in [0.25, 0.3) is 0 Å². The van der Waals surface area contributed by atoms with E-state index in [1.807, 2.05) is 0 Å². The van der Waals surface area contributed by atoms with Gasteiger partial charge in [-0.3, -0.25) is 0 Å². The van der Waals surface area contributed by atoms with E-state index in [2.05, 4.69) is 31.9 Å². The van der Waals surface area contributed by atoms with Gasteiger partial charge in [-0.05, 0) is 49.6 Å². The second kappa shape index (κ2) is 5.66. The van der Waals surface area contributed by atoms with Crippen molar-refractivity contribution < 1.29 is 17.7 Å². The van der Waals surface area contributed by atoms with E-state index < -0.39 is 10.3 Å². The van der Waals surface area contributed by atoms with Crippen LogP contribution in [-0.4, -0.2) is 31.9 Å². The lowest BCUT2D eigenvalue weighted by molar-refractivity contribution is 0.281. The van der Waals surface area contributed by atoms with E-state index in [0.717, 1.165) is 4.31 Å². The molecule has 1 rings (SSSR count). The molecule has 0 fully saturated rings. The molecule has 0 aromatic heterocycles. The molecule has 0 spiro atoms. The quantitative estimate of drug-likeness (QED) is 0.855. The van der Waals surface area contributed by atoms with Crippen molar-refractivity contribution in [3.8, 4) is 5.75 Å². The Bertz CT molecular complexity index is 493. The Labute approximate surface area is 117 Å². The van der Waals surface area contributed by atoms with Crippen LogP contribution in [0.3, 0.4) is 0 Å². The van der Waals surface area contributed by atoms with Crippen LogP contribution in [0.15, 0.2) is 21.1 Å². The molecule has 0 unspecified atom stereocenters. The van der Waals surface area contributed by atoms with E-state index in [1.165, 1.54) is 14.1 Å². The van der Waals surface area contributed by atoms with Crippen molar-refractivity contribution in [2.24, 2.45) is 0 Å². The molecule has 0 radical (unpaired) electrons. The number of hydrogen-bond acceptors (Lipinski definition) is 4. The summed E-state index contributed by atoms with van der Waals surface area (Å²) in [5.41, 5.74) is 0.637. The summed E-state index contributed by atoms with van der Waals surface area (Å²) in [5.74, 6) is 0.149. The maximum Gasteiger partial charge on any atom is 0.384 e. The second-order valence-electron chi connectivity index (χ2n) is 3.37. The molecule has 0 aliphatic rings. The average Bonchev–Trinajstić information content (AvgIpc) is 2.22. The largest absolute Gasteiger partial charge is 0.392 e. The van der Waals surface area contributed by atoms with Crippen LogP contribution < -0.4 is 4.18 Å². The van der Waals surface area contributed by atoms with Gasteiger partial charge >= 0.3 is 10.3 Å². The fourth-order valence-corrected chi connectivity index (χ4v) is 3.16. The summed E-state index contributed by atoms with van der Waals surface area (Å²) < 4.78 is 29.9. The molecular weight excluding hydrogens is 378 g/mol. The minimum Gasteiger partial charge on any atom is -0.392 e. The van der Waals surface area contributed by atoms with Gasteiger partial charge in [0.25, 0.3) is 0 Å². The number of halogens is 2. The summed E-state index contributed by atoms with van der Waals surface area (Å²) in [6, 6.07) is 3.18. The van der Waals surface area contributed by atoms with Crippen LogP contribution in [0, 0.1) is 0 Å². The summed E-state index contributed by atoms with van der Waals surface area (Å²) in [7, 11) is -1.06. The number of aliphatic hydroxyl groups is 1. The van der Waals surface area contributed by atoms with Crippen molar-refractivity contribution in [1.82, 2.24) is 4.31 Å². The van der Waals surface area contributed by atoms with Crippen LogP contribution in [0.1, 0.15) is 5.56 Å². The Morgan fingerprint density at radius 2 is 1.76 bits per heavy atom. The monoisotopic (exact) mass is 387 g/mol. The molecule has 1 aromatic carbocycles. The third kappa shape index (κ3) is 3.65. The van der Waals surface area contributed by atoms with Crippen molar-refractivity contribution in [3.63, 3.8) is 0 Å². The zero-order chi connectivity index (χ0) is 13.2. The topological polar surface area (TPSA) is 66.8 Å². The summed E-state index contributed by atoms with van der Waals surface area (Å²) in [4.78, 5) is 0. The molecule has 1 aromatic rings. The van der Waals surface area contributed by atoms with E-state index in [4.69, 9.17) is 9.29 Å². The molecule has 0 saturated carbocycles. The smallest absolute Gasteiger partial charge is 0.384 e. The van der Waals surface area contributed by atoms with Crippen molar-refractivity contribution in [1.29, 1.82) is 0 Å². The van der Waals surface area contributed by atoms with Crippen molar-refractivity contribution in [2.45, 2.75) is 6.61 Å². The summed E-state index contributed by atoms with van der Waals surface area (Å²) in [5, 5.41) is 8.99. The summed E-state index contributed by atoms with van der Waals surface area (Å²) >= 11 is 6.38. The van der Waals surface area contributed by atoms with E-state index >= 15 is 0 Å². The van der Waals surface area contributed by atoms with E-state index in [-0.39, 0.29) is 12.4 Å². The normalized spacial score (nSPS) is 11.9. The van der Waals surface area contributed by atoms with E-state index in [9.17, 15) is 8.42 Å². The van der Waals surface area contributed by atoms with Crippen LogP contribution in [0.2, 0.25) is 0 Å². The first-order valence-electron chi connectivity index (χ1n) is 4.48. The fraction of sp³-hybridized carbons (Fsp3) is 0.333. The predicted octanol–water partition coefficient (Wildman–Crippen LogP) is 1.89. The highest BCUT2D eigenvalue weighted by Gasteiger charge is 2.20. The molecule has 96 valence electrons. The molecule has 8 heteroatoms. The zero-order valence-corrected chi connectivity index (χ0v) is 13.1. The molecule has 0 aliphatic carbocycles. The Morgan fingerprint density at radius 1 is 1.29 bits per heavy atom. The fourth-order valence-electron chi connectivity index (χ4n) is 0.963. The lowest BCUT2D eigenvalue weighted by atomic mass is 10.2. The highest BCUT2D eigenvalue weighted by Crippen LogP contribution is 2.35. The first-order valence-corrected chi connectivity index (χ1v) is 7.43. The first kappa shape index (κ1) is 14.9. The number of benzene rings is 1. The lowest BCUT2D eigenvalue weighted by Gasteiger charge is -2.14. The van der Waals surface area contributed by atoms with Gasteiger partial charge in [0.2, 0.25) is 0 Å². The third-order valence-corrected chi connectivity index (χ3v) is 4.33. The maximum atomic E-state index is 11.6. The highest BCUT2D eigenvalue weighted by atomic mass is 79.9. The second-order valence-corrected chi connectivity index (χ2v) is 6.83. The Morgan fingerprint density at radius 3 is 2.12 bits per heavy atom. The average molecular weight is 389 g/mol. The summed E-state index contributed by atoms with van der Waals surface area (Å²) in [6.07, 6.45) is 0. The molecule has 0 atom stereocenters. The standard InChI is InChI=1S/C9H11Br2NO4S/c1-12(2)17(14,15)16-9-7(10)3-6(5-13)4-8(9)11/h3-4,13H,5H2,1-2H3. The van der Waals surface area contributed by atoms with E-state index in [1.54, 1.807) is 12.1 Å². The minimum atomic E-state index is -3.80. The molecule has 0 aliphatic heterocycles. The van der Waals surface area contributed by atoms with Crippen LogP contribution in [-0.2, 0) is 16.9 Å². The van der Waals surface area contributed by atoms with Crippen LogP contribution in [0.4, 0.5) is 0 Å². The van der Waals surface area contributed by atoms with Gasteiger partial charge in [0, 0.05) is 14.1 Å². The van der Waals surface area contributed by atoms with Gasteiger partial charge in [-0.25, -0.2) is 0 Å². The number of nitrogens with zero attached hydrogens (tertiary/aromatic N) is 1. The number of rotatable bonds is 4. The van der Waals surface area contributed by atoms with Gasteiger partial charge in [-0.2, -0.15) is 12.7 Å². The minimum absolute atomic E-state index is 0.141. The van der Waals surface area contributed by atoms with Crippen molar-refractivity contribution in [2.75, 3.05) is 14.1 Å². The molecule has 0 heterocycles. The first-order chi connectivity index (χ1) is 7.77. The van der Waals surface area contributed by atoms with E-state index in [0.29, 0.717) is 14.5 Å². The highest BCUT2D eigenvalue weighted by molar-refractivity contribution is 9.11. The van der Waals surface area contributed by atoms with Gasteiger partial charge in [0.15, 0.2) is 5.75 Å². The molecule has 1 N–H and O–H groups in total. The Hall–Kier alpha value is -0.150. The maximum absolute atomic E-state index is 11.6. The molecule has 0 bridgehead atoms. The molecule has 0 amide bonds. The molecule has 17 heavy (non-hydrogen) atoms. The van der Waals surface area contributed by atoms with Crippen LogP contribution >= 0.6 is 31.9 Å². The van der Waals surface area contributed by atoms with Crippen LogP contribution in [0.5, 0.6) is 5.75 Å². The number of aliphatic hydroxyl groups excluding tert-OH is 1. The molecular formula is C9H11Br2NO4S. The van der Waals surface area contributed by atoms with Gasteiger partial charge in [0.1, 0.15) is 0 Å². The molecule has 0 saturated heterocycles. The van der Waals surface area contributed by atoms with Crippen molar-refractivity contribution in [3.05, 3.63) is 26.6 Å². The third-order valence-electron chi connectivity index (χ3n) is 1.88.